The molecule has 0 unspecified atom stereocenters. The number of imidazole rings is 1. The molecule has 1 saturated heterocycles. The molecule has 146 valence electrons. The van der Waals surface area contributed by atoms with Crippen LogP contribution in [0.2, 0.25) is 0 Å². The average molecular weight is 385 g/mol. The summed E-state index contributed by atoms with van der Waals surface area (Å²) in [5.74, 6) is 7.06. The van der Waals surface area contributed by atoms with Crippen molar-refractivity contribution in [3.05, 3.63) is 53.4 Å². The van der Waals surface area contributed by atoms with Crippen LogP contribution in [0.1, 0.15) is 29.4 Å². The Kier molecular flexibility index (Phi) is 5.33. The van der Waals surface area contributed by atoms with Crippen molar-refractivity contribution in [2.24, 2.45) is 5.10 Å². The van der Waals surface area contributed by atoms with Crippen molar-refractivity contribution in [3.8, 4) is 17.9 Å². The first kappa shape index (κ1) is 18.8. The fourth-order valence-corrected chi connectivity index (χ4v) is 3.65. The Bertz CT molecular complexity index is 1060. The Balaban J connectivity index is 1.69. The Morgan fingerprint density at radius 1 is 1.24 bits per heavy atom. The van der Waals surface area contributed by atoms with Crippen LogP contribution in [0.25, 0.3) is 5.70 Å². The van der Waals surface area contributed by atoms with E-state index in [1.165, 1.54) is 0 Å². The van der Waals surface area contributed by atoms with Crippen LogP contribution in [0.15, 0.2) is 35.9 Å². The summed E-state index contributed by atoms with van der Waals surface area (Å²) in [5.41, 5.74) is 4.07. The number of piperazine rings is 1. The van der Waals surface area contributed by atoms with Crippen LogP contribution in [0.4, 0.5) is 5.95 Å². The average Bonchev–Trinajstić information content (AvgIpc) is 3.14. The summed E-state index contributed by atoms with van der Waals surface area (Å²) in [4.78, 5) is 7.14. The van der Waals surface area contributed by atoms with Crippen LogP contribution in [-0.2, 0) is 13.1 Å². The molecular formula is C22H23N7. The van der Waals surface area contributed by atoms with E-state index in [9.17, 15) is 5.26 Å². The zero-order chi connectivity index (χ0) is 20.2. The molecule has 1 N–H and O–H groups in total. The zero-order valence-corrected chi connectivity index (χ0v) is 16.5. The highest BCUT2D eigenvalue weighted by Crippen LogP contribution is 2.31. The number of benzene rings is 1. The van der Waals surface area contributed by atoms with Crippen LogP contribution >= 0.6 is 0 Å². The molecule has 29 heavy (non-hydrogen) atoms. The van der Waals surface area contributed by atoms with Crippen molar-refractivity contribution in [2.45, 2.75) is 20.0 Å². The molecule has 0 radical (unpaired) electrons. The summed E-state index contributed by atoms with van der Waals surface area (Å²) in [5, 5.41) is 19.2. The maximum Gasteiger partial charge on any atom is 0.207 e. The van der Waals surface area contributed by atoms with E-state index in [1.807, 2.05) is 36.2 Å². The lowest BCUT2D eigenvalue weighted by Crippen LogP contribution is -2.44. The molecule has 2 aliphatic heterocycles. The lowest BCUT2D eigenvalue weighted by Gasteiger charge is -2.29. The van der Waals surface area contributed by atoms with Gasteiger partial charge >= 0.3 is 0 Å². The van der Waals surface area contributed by atoms with Crippen molar-refractivity contribution in [2.75, 3.05) is 31.1 Å². The normalized spacial score (nSPS) is 15.5. The molecule has 3 heterocycles. The van der Waals surface area contributed by atoms with Gasteiger partial charge in [0.05, 0.1) is 42.3 Å². The topological polar surface area (TPSA) is 72.5 Å². The second-order valence-electron chi connectivity index (χ2n) is 6.91. The summed E-state index contributed by atoms with van der Waals surface area (Å²) in [7, 11) is 0. The van der Waals surface area contributed by atoms with Crippen molar-refractivity contribution in [1.29, 1.82) is 5.26 Å². The Labute approximate surface area is 170 Å². The van der Waals surface area contributed by atoms with Crippen LogP contribution in [-0.4, -0.2) is 47.0 Å². The molecule has 0 bridgehead atoms. The van der Waals surface area contributed by atoms with Crippen LogP contribution in [0.3, 0.4) is 0 Å². The van der Waals surface area contributed by atoms with Crippen LogP contribution in [0.5, 0.6) is 0 Å². The van der Waals surface area contributed by atoms with Gasteiger partial charge in [0.15, 0.2) is 0 Å². The Hall–Kier alpha value is -3.55. The second-order valence-corrected chi connectivity index (χ2v) is 6.91. The first-order chi connectivity index (χ1) is 14.2. The van der Waals surface area contributed by atoms with E-state index in [0.717, 1.165) is 54.8 Å². The number of nitrogens with zero attached hydrogens (tertiary/aromatic N) is 6. The summed E-state index contributed by atoms with van der Waals surface area (Å²) in [6, 6.07) is 9.82. The van der Waals surface area contributed by atoms with E-state index in [1.54, 1.807) is 6.21 Å². The fraction of sp³-hybridized carbons (Fsp3) is 0.318. The number of fused-ring (bicyclic) bond motifs is 1. The van der Waals surface area contributed by atoms with Gasteiger partial charge in [0.25, 0.3) is 0 Å². The van der Waals surface area contributed by atoms with Crippen molar-refractivity contribution in [3.63, 3.8) is 0 Å². The smallest absolute Gasteiger partial charge is 0.207 e. The summed E-state index contributed by atoms with van der Waals surface area (Å²) in [6.45, 7) is 10.8. The molecule has 2 aromatic rings. The monoisotopic (exact) mass is 385 g/mol. The summed E-state index contributed by atoms with van der Waals surface area (Å²) < 4.78 is 2.13. The van der Waals surface area contributed by atoms with Gasteiger partial charge < -0.3 is 10.2 Å². The number of hydrogen-bond acceptors (Lipinski definition) is 6. The third-order valence-corrected chi connectivity index (χ3v) is 5.15. The van der Waals surface area contributed by atoms with Crippen LogP contribution in [0, 0.1) is 23.2 Å². The first-order valence-electron chi connectivity index (χ1n) is 9.67. The third kappa shape index (κ3) is 3.61. The molecule has 0 aliphatic carbocycles. The number of hydrazone groups is 1. The second kappa shape index (κ2) is 8.22. The van der Waals surface area contributed by atoms with Gasteiger partial charge in [-0.25, -0.2) is 4.98 Å². The van der Waals surface area contributed by atoms with Gasteiger partial charge in [-0.3, -0.25) is 9.58 Å². The number of anilines is 1. The van der Waals surface area contributed by atoms with E-state index in [2.05, 4.69) is 44.4 Å². The highest BCUT2D eigenvalue weighted by Gasteiger charge is 2.28. The zero-order valence-electron chi connectivity index (χ0n) is 16.5. The standard InChI is InChI=1S/C22H23N7/c1-3-4-11-28-21-17(2)29(16-19-8-6-5-7-18(19)14-23)25-15-20(21)26-22(28)27-12-9-24-10-13-27/h5-8,15,24H,2,9-13,16H2,1H3. The minimum Gasteiger partial charge on any atom is -0.340 e. The molecule has 0 amide bonds. The summed E-state index contributed by atoms with van der Waals surface area (Å²) >= 11 is 0. The number of rotatable bonds is 4. The quantitative estimate of drug-likeness (QED) is 0.815. The van der Waals surface area contributed by atoms with E-state index >= 15 is 0 Å². The van der Waals surface area contributed by atoms with Gasteiger partial charge in [-0.05, 0) is 18.6 Å². The lowest BCUT2D eigenvalue weighted by atomic mass is 10.1. The third-order valence-electron chi connectivity index (χ3n) is 5.15. The van der Waals surface area contributed by atoms with Crippen molar-refractivity contribution in [1.82, 2.24) is 19.9 Å². The number of aromatic nitrogens is 2. The largest absolute Gasteiger partial charge is 0.340 e. The van der Waals surface area contributed by atoms with Gasteiger partial charge in [0, 0.05) is 26.2 Å². The highest BCUT2D eigenvalue weighted by atomic mass is 15.5. The molecule has 1 fully saturated rings. The maximum absolute atomic E-state index is 9.39. The van der Waals surface area contributed by atoms with Crippen LogP contribution < -0.4 is 10.2 Å². The predicted octanol–water partition coefficient (Wildman–Crippen LogP) is 2.01. The van der Waals surface area contributed by atoms with Crippen molar-refractivity contribution >= 4 is 17.9 Å². The fourth-order valence-electron chi connectivity index (χ4n) is 3.65. The van der Waals surface area contributed by atoms with E-state index in [-0.39, 0.29) is 0 Å². The minimum atomic E-state index is 0.478. The van der Waals surface area contributed by atoms with Gasteiger partial charge in [0.2, 0.25) is 5.95 Å². The molecule has 7 heteroatoms. The van der Waals surface area contributed by atoms with Gasteiger partial charge in [-0.1, -0.05) is 30.7 Å². The molecule has 1 aromatic carbocycles. The van der Waals surface area contributed by atoms with Gasteiger partial charge in [-0.2, -0.15) is 10.4 Å². The molecule has 2 aliphatic rings. The maximum atomic E-state index is 9.39. The van der Waals surface area contributed by atoms with Gasteiger partial charge in [-0.15, -0.1) is 5.92 Å². The van der Waals surface area contributed by atoms with E-state index in [4.69, 9.17) is 4.98 Å². The molecule has 4 rings (SSSR count). The van der Waals surface area contributed by atoms with E-state index in [0.29, 0.717) is 18.7 Å². The minimum absolute atomic E-state index is 0.478. The van der Waals surface area contributed by atoms with Gasteiger partial charge in [0.1, 0.15) is 5.69 Å². The molecule has 0 spiro atoms. The molecule has 0 saturated carbocycles. The van der Waals surface area contributed by atoms with E-state index < -0.39 is 0 Å². The molecule has 0 atom stereocenters. The SMILES string of the molecule is C=C1c2c(nc(N3CCNCC3)n2CC#CC)C=NN1Cc1ccccc1C#N. The summed E-state index contributed by atoms with van der Waals surface area (Å²) in [6.07, 6.45) is 1.78. The molecule has 1 aromatic heterocycles. The predicted molar refractivity (Wildman–Crippen MR) is 114 cm³/mol. The molecule has 7 nitrogen and oxygen atoms in total. The number of hydrogen-bond donors (Lipinski definition) is 1. The number of nitriles is 1. The Morgan fingerprint density at radius 3 is 2.79 bits per heavy atom. The number of nitrogens with one attached hydrogen (secondary N) is 1. The highest BCUT2D eigenvalue weighted by molar-refractivity contribution is 5.88. The van der Waals surface area contributed by atoms with Crippen molar-refractivity contribution < 1.29 is 0 Å². The Morgan fingerprint density at radius 2 is 2.03 bits per heavy atom. The first-order valence-corrected chi connectivity index (χ1v) is 9.67. The molecular weight excluding hydrogens is 362 g/mol. The lowest BCUT2D eigenvalue weighted by molar-refractivity contribution is 0.411.